The summed E-state index contributed by atoms with van der Waals surface area (Å²) in [6.07, 6.45) is 7.26. The summed E-state index contributed by atoms with van der Waals surface area (Å²) in [4.78, 5) is 33.2. The van der Waals surface area contributed by atoms with E-state index in [4.69, 9.17) is 0 Å². The molecule has 3 rings (SSSR count). The van der Waals surface area contributed by atoms with Gasteiger partial charge in [0.1, 0.15) is 4.88 Å². The molecule has 1 aliphatic heterocycles. The van der Waals surface area contributed by atoms with E-state index in [9.17, 15) is 9.59 Å². The predicted molar refractivity (Wildman–Crippen MR) is 95.1 cm³/mol. The Labute approximate surface area is 144 Å². The third kappa shape index (κ3) is 3.14. The molecule has 2 heterocycles. The summed E-state index contributed by atoms with van der Waals surface area (Å²) in [5.74, 6) is -0.105. The summed E-state index contributed by atoms with van der Waals surface area (Å²) in [6.45, 7) is 7.81. The van der Waals surface area contributed by atoms with Gasteiger partial charge in [-0.1, -0.05) is 19.9 Å². The second-order valence-corrected chi connectivity index (χ2v) is 7.42. The average molecular weight is 341 g/mol. The molecule has 0 aromatic carbocycles. The number of fused-ring (bicyclic) bond motifs is 1. The van der Waals surface area contributed by atoms with Crippen LogP contribution < -0.4 is 5.32 Å². The van der Waals surface area contributed by atoms with E-state index in [1.54, 1.807) is 12.2 Å². The lowest BCUT2D eigenvalue weighted by atomic mass is 9.82. The van der Waals surface area contributed by atoms with E-state index in [-0.39, 0.29) is 23.7 Å². The van der Waals surface area contributed by atoms with Gasteiger partial charge in [0.25, 0.3) is 5.91 Å². The summed E-state index contributed by atoms with van der Waals surface area (Å²) in [5, 5.41) is 3.70. The molecular formula is C18H19N3O2S. The zero-order valence-electron chi connectivity index (χ0n) is 14.1. The molecule has 0 fully saturated rings. The predicted octanol–water partition coefficient (Wildman–Crippen LogP) is 3.12. The molecule has 0 bridgehead atoms. The molecule has 6 heteroatoms. The van der Waals surface area contributed by atoms with Crippen LogP contribution in [-0.2, 0) is 4.79 Å². The van der Waals surface area contributed by atoms with Crippen molar-refractivity contribution in [3.05, 3.63) is 51.2 Å². The highest BCUT2D eigenvalue weighted by molar-refractivity contribution is 7.13. The van der Waals surface area contributed by atoms with Gasteiger partial charge >= 0.3 is 0 Å². The maximum atomic E-state index is 12.4. The van der Waals surface area contributed by atoms with Crippen molar-refractivity contribution in [2.24, 2.45) is 16.8 Å². The summed E-state index contributed by atoms with van der Waals surface area (Å²) < 4.78 is 0. The van der Waals surface area contributed by atoms with Crippen LogP contribution in [-0.4, -0.2) is 22.5 Å². The summed E-state index contributed by atoms with van der Waals surface area (Å²) in [5.41, 5.74) is 3.09. The zero-order valence-corrected chi connectivity index (χ0v) is 14.9. The first-order valence-corrected chi connectivity index (χ1v) is 8.66. The van der Waals surface area contributed by atoms with Gasteiger partial charge in [-0.2, -0.15) is 0 Å². The van der Waals surface area contributed by atoms with Gasteiger partial charge < -0.3 is 5.32 Å². The third-order valence-electron chi connectivity index (χ3n) is 4.02. The topological polar surface area (TPSA) is 71.4 Å². The minimum Gasteiger partial charge on any atom is -0.325 e. The second-order valence-electron chi connectivity index (χ2n) is 6.21. The summed E-state index contributed by atoms with van der Waals surface area (Å²) in [6, 6.07) is 0. The van der Waals surface area contributed by atoms with E-state index in [1.807, 2.05) is 26.0 Å². The average Bonchev–Trinajstić information content (AvgIpc) is 2.84. The fourth-order valence-electron chi connectivity index (χ4n) is 2.91. The van der Waals surface area contributed by atoms with Crippen molar-refractivity contribution in [2.75, 3.05) is 0 Å². The molecule has 2 amide bonds. The van der Waals surface area contributed by atoms with Crippen molar-refractivity contribution in [2.45, 2.75) is 27.7 Å². The quantitative estimate of drug-likeness (QED) is 0.898. The lowest BCUT2D eigenvalue weighted by molar-refractivity contribution is -0.116. The van der Waals surface area contributed by atoms with Crippen LogP contribution in [0.1, 0.15) is 34.2 Å². The van der Waals surface area contributed by atoms with E-state index in [0.717, 1.165) is 16.3 Å². The number of carbonyl (C=O) groups is 2. The molecule has 0 saturated heterocycles. The fraction of sp³-hybridized carbons (Fsp3) is 0.333. The number of aliphatic imine (C=N–C) groups is 1. The first-order valence-electron chi connectivity index (χ1n) is 7.84. The molecule has 1 atom stereocenters. The number of hydrogen-bond donors (Lipinski definition) is 1. The monoisotopic (exact) mass is 341 g/mol. The van der Waals surface area contributed by atoms with E-state index in [2.05, 4.69) is 29.1 Å². The highest BCUT2D eigenvalue weighted by Crippen LogP contribution is 2.31. The van der Waals surface area contributed by atoms with Gasteiger partial charge in [-0.25, -0.2) is 9.98 Å². The van der Waals surface area contributed by atoms with Crippen LogP contribution in [0, 0.1) is 25.7 Å². The molecule has 1 aliphatic carbocycles. The molecule has 2 aliphatic rings. The second kappa shape index (κ2) is 6.28. The lowest BCUT2D eigenvalue weighted by Crippen LogP contribution is -2.34. The molecule has 5 nitrogen and oxygen atoms in total. The molecule has 0 spiro atoms. The van der Waals surface area contributed by atoms with Gasteiger partial charge in [-0.05, 0) is 37.5 Å². The van der Waals surface area contributed by atoms with Crippen molar-refractivity contribution < 1.29 is 9.59 Å². The SMILES string of the molecule is Cc1nc(C)c(C(=O)N=C2C=CC3C(=C2)NC(=O)C=C3C(C)C)s1. The number of nitrogens with zero attached hydrogens (tertiary/aromatic N) is 2. The summed E-state index contributed by atoms with van der Waals surface area (Å²) in [7, 11) is 0. The van der Waals surface area contributed by atoms with Crippen LogP contribution in [0.3, 0.4) is 0 Å². The van der Waals surface area contributed by atoms with Crippen molar-refractivity contribution in [3.8, 4) is 0 Å². The van der Waals surface area contributed by atoms with E-state index in [0.29, 0.717) is 16.3 Å². The Hall–Kier alpha value is -2.34. The normalized spacial score (nSPS) is 21.5. The highest BCUT2D eigenvalue weighted by Gasteiger charge is 2.28. The number of aryl methyl sites for hydroxylation is 2. The van der Waals surface area contributed by atoms with Gasteiger partial charge in [0.2, 0.25) is 5.91 Å². The van der Waals surface area contributed by atoms with Gasteiger partial charge in [0.05, 0.1) is 16.4 Å². The number of carbonyl (C=O) groups excluding carboxylic acids is 2. The third-order valence-corrected chi connectivity index (χ3v) is 5.08. The Morgan fingerprint density at radius 2 is 2.08 bits per heavy atom. The van der Waals surface area contributed by atoms with Crippen LogP contribution in [0.5, 0.6) is 0 Å². The van der Waals surface area contributed by atoms with Gasteiger partial charge in [-0.15, -0.1) is 11.3 Å². The van der Waals surface area contributed by atoms with Crippen LogP contribution in [0.2, 0.25) is 0 Å². The minimum atomic E-state index is -0.296. The van der Waals surface area contributed by atoms with Crippen molar-refractivity contribution >= 4 is 28.9 Å². The number of aromatic nitrogens is 1. The fourth-order valence-corrected chi connectivity index (χ4v) is 3.72. The van der Waals surface area contributed by atoms with Crippen LogP contribution in [0.15, 0.2) is 40.6 Å². The van der Waals surface area contributed by atoms with Crippen molar-refractivity contribution in [3.63, 3.8) is 0 Å². The maximum Gasteiger partial charge on any atom is 0.289 e. The van der Waals surface area contributed by atoms with Gasteiger partial charge in [0, 0.05) is 17.7 Å². The molecule has 1 aromatic rings. The lowest BCUT2D eigenvalue weighted by Gasteiger charge is -2.29. The number of hydrogen-bond acceptors (Lipinski definition) is 4. The first-order chi connectivity index (χ1) is 11.3. The van der Waals surface area contributed by atoms with E-state index in [1.165, 1.54) is 11.3 Å². The molecule has 0 radical (unpaired) electrons. The smallest absolute Gasteiger partial charge is 0.289 e. The van der Waals surface area contributed by atoms with Crippen LogP contribution in [0.4, 0.5) is 0 Å². The Kier molecular flexibility index (Phi) is 4.32. The summed E-state index contributed by atoms with van der Waals surface area (Å²) >= 11 is 1.35. The molecule has 1 N–H and O–H groups in total. The largest absolute Gasteiger partial charge is 0.325 e. The van der Waals surface area contributed by atoms with Crippen molar-refractivity contribution in [1.29, 1.82) is 0 Å². The number of thiazole rings is 1. The number of amides is 2. The van der Waals surface area contributed by atoms with Crippen molar-refractivity contribution in [1.82, 2.24) is 10.3 Å². The molecule has 1 aromatic heterocycles. The molecule has 124 valence electrons. The van der Waals surface area contributed by atoms with Gasteiger partial charge in [-0.3, -0.25) is 9.59 Å². The molecule has 0 saturated carbocycles. The Morgan fingerprint density at radius 3 is 2.71 bits per heavy atom. The molecule has 1 unspecified atom stereocenters. The first kappa shape index (κ1) is 16.5. The number of allylic oxidation sites excluding steroid dienone is 3. The zero-order chi connectivity index (χ0) is 17.4. The Balaban J connectivity index is 1.90. The maximum absolute atomic E-state index is 12.4. The standard InChI is InChI=1S/C18H19N3O2S/c1-9(2)14-8-16(22)21-15-7-12(5-6-13(14)15)20-18(23)17-10(3)19-11(4)24-17/h5-9,13H,1-4H3,(H,21,22). The molecule has 24 heavy (non-hydrogen) atoms. The minimum absolute atomic E-state index is 0.0455. The Bertz CT molecular complexity index is 840. The van der Waals surface area contributed by atoms with Crippen LogP contribution in [0.25, 0.3) is 0 Å². The van der Waals surface area contributed by atoms with Gasteiger partial charge in [0.15, 0.2) is 0 Å². The number of rotatable bonds is 2. The van der Waals surface area contributed by atoms with E-state index >= 15 is 0 Å². The Morgan fingerprint density at radius 1 is 1.33 bits per heavy atom. The number of nitrogens with one attached hydrogen (secondary N) is 1. The highest BCUT2D eigenvalue weighted by atomic mass is 32.1. The van der Waals surface area contributed by atoms with Crippen LogP contribution >= 0.6 is 11.3 Å². The van der Waals surface area contributed by atoms with E-state index < -0.39 is 0 Å². The molecular weight excluding hydrogens is 322 g/mol.